The Kier molecular flexibility index (Phi) is 8.28. The predicted octanol–water partition coefficient (Wildman–Crippen LogP) is 3.80. The van der Waals surface area contributed by atoms with Crippen LogP contribution in [-0.4, -0.2) is 81.9 Å². The van der Waals surface area contributed by atoms with Crippen molar-refractivity contribution in [3.63, 3.8) is 0 Å². The van der Waals surface area contributed by atoms with Gasteiger partial charge in [0.05, 0.1) is 29.4 Å². The summed E-state index contributed by atoms with van der Waals surface area (Å²) in [6, 6.07) is 4.57. The van der Waals surface area contributed by atoms with E-state index in [4.69, 9.17) is 4.74 Å². The summed E-state index contributed by atoms with van der Waals surface area (Å²) in [6.07, 6.45) is 6.25. The van der Waals surface area contributed by atoms with Crippen LogP contribution in [0.1, 0.15) is 31.2 Å². The minimum absolute atomic E-state index is 0. The molecule has 5 rings (SSSR count). The highest BCUT2D eigenvalue weighted by molar-refractivity contribution is 7.90. The van der Waals surface area contributed by atoms with Crippen LogP contribution in [0, 0.1) is 5.82 Å². The number of fused-ring (bicyclic) bond motifs is 4. The molecule has 2 aliphatic rings. The summed E-state index contributed by atoms with van der Waals surface area (Å²) in [5.74, 6) is -0.382. The van der Waals surface area contributed by atoms with Crippen molar-refractivity contribution in [2.45, 2.75) is 31.1 Å². The molecule has 1 aromatic carbocycles. The first-order valence-corrected chi connectivity index (χ1v) is 14.3. The Labute approximate surface area is 240 Å². The van der Waals surface area contributed by atoms with Crippen LogP contribution in [0.15, 0.2) is 30.6 Å². The molecule has 0 atom stereocenters. The quantitative estimate of drug-likeness (QED) is 0.377. The second-order valence-electron chi connectivity index (χ2n) is 10.6. The van der Waals surface area contributed by atoms with Crippen LogP contribution in [0.4, 0.5) is 15.8 Å². The highest BCUT2D eigenvalue weighted by Crippen LogP contribution is 2.55. The van der Waals surface area contributed by atoms with E-state index in [-0.39, 0.29) is 35.4 Å². The van der Waals surface area contributed by atoms with E-state index in [0.717, 1.165) is 41.4 Å². The van der Waals surface area contributed by atoms with Gasteiger partial charge in [-0.15, -0.1) is 12.4 Å². The van der Waals surface area contributed by atoms with Gasteiger partial charge in [0, 0.05) is 62.0 Å². The molecular weight excluding hydrogens is 559 g/mol. The fourth-order valence-electron chi connectivity index (χ4n) is 5.28. The molecular formula is C27H34ClFN6O4S. The fourth-order valence-corrected chi connectivity index (χ4v) is 5.89. The van der Waals surface area contributed by atoms with Gasteiger partial charge in [0.15, 0.2) is 0 Å². The molecule has 0 radical (unpaired) electrons. The Hall–Kier alpha value is -3.06. The van der Waals surface area contributed by atoms with Crippen molar-refractivity contribution in [2.24, 2.45) is 0 Å². The van der Waals surface area contributed by atoms with Crippen LogP contribution in [0.5, 0.6) is 5.88 Å². The lowest BCUT2D eigenvalue weighted by Gasteiger charge is -2.37. The Morgan fingerprint density at radius 1 is 1.12 bits per heavy atom. The van der Waals surface area contributed by atoms with E-state index in [0.29, 0.717) is 29.5 Å². The van der Waals surface area contributed by atoms with Crippen molar-refractivity contribution in [2.75, 3.05) is 58.0 Å². The lowest BCUT2D eigenvalue weighted by atomic mass is 9.64. The molecule has 1 N–H and O–H groups in total. The van der Waals surface area contributed by atoms with Crippen LogP contribution < -0.4 is 14.4 Å². The van der Waals surface area contributed by atoms with E-state index < -0.39 is 21.4 Å². The van der Waals surface area contributed by atoms with Gasteiger partial charge in [-0.25, -0.2) is 9.37 Å². The SMILES string of the molecule is CN(C)CCCOc1ncc(-c2cc3c4c(cnc3cc2F)N(C)C(=O)C42CCC2)cc1NS(=O)(=O)N(C)C.Cl. The summed E-state index contributed by atoms with van der Waals surface area (Å²) in [5.41, 5.74) is 2.18. The molecule has 0 bridgehead atoms. The molecule has 2 aromatic heterocycles. The third-order valence-electron chi connectivity index (χ3n) is 7.57. The molecule has 1 saturated carbocycles. The fraction of sp³-hybridized carbons (Fsp3) is 0.444. The zero-order chi connectivity index (χ0) is 28.1. The summed E-state index contributed by atoms with van der Waals surface area (Å²) < 4.78 is 50.2. The minimum atomic E-state index is -3.88. The molecule has 216 valence electrons. The van der Waals surface area contributed by atoms with Gasteiger partial charge in [-0.3, -0.25) is 14.5 Å². The number of carbonyl (C=O) groups is 1. The Morgan fingerprint density at radius 2 is 1.85 bits per heavy atom. The van der Waals surface area contributed by atoms with Gasteiger partial charge in [-0.1, -0.05) is 6.42 Å². The maximum atomic E-state index is 15.5. The molecule has 10 nitrogen and oxygen atoms in total. The monoisotopic (exact) mass is 592 g/mol. The first-order chi connectivity index (χ1) is 18.4. The number of hydrogen-bond donors (Lipinski definition) is 1. The van der Waals surface area contributed by atoms with E-state index in [1.807, 2.05) is 19.0 Å². The van der Waals surface area contributed by atoms with Crippen molar-refractivity contribution in [1.29, 1.82) is 0 Å². The van der Waals surface area contributed by atoms with Crippen LogP contribution in [0.2, 0.25) is 0 Å². The number of pyridine rings is 2. The summed E-state index contributed by atoms with van der Waals surface area (Å²) in [7, 11) is 4.58. The van der Waals surface area contributed by atoms with E-state index in [9.17, 15) is 13.2 Å². The predicted molar refractivity (Wildman–Crippen MR) is 156 cm³/mol. The van der Waals surface area contributed by atoms with Gasteiger partial charge in [0.25, 0.3) is 0 Å². The first kappa shape index (κ1) is 29.9. The lowest BCUT2D eigenvalue weighted by molar-refractivity contribution is -0.125. The number of ether oxygens (including phenoxy) is 1. The molecule has 0 unspecified atom stereocenters. The zero-order valence-electron chi connectivity index (χ0n) is 23.2. The van der Waals surface area contributed by atoms with Crippen LogP contribution >= 0.6 is 12.4 Å². The zero-order valence-corrected chi connectivity index (χ0v) is 24.8. The maximum absolute atomic E-state index is 15.5. The van der Waals surface area contributed by atoms with Gasteiger partial charge in [-0.05, 0) is 45.5 Å². The third-order valence-corrected chi connectivity index (χ3v) is 9.01. The van der Waals surface area contributed by atoms with Gasteiger partial charge in [-0.2, -0.15) is 12.7 Å². The van der Waals surface area contributed by atoms with Crippen LogP contribution in [0.3, 0.4) is 0 Å². The second kappa shape index (κ2) is 11.1. The van der Waals surface area contributed by atoms with E-state index >= 15 is 4.39 Å². The van der Waals surface area contributed by atoms with Gasteiger partial charge < -0.3 is 14.5 Å². The molecule has 1 aliphatic heterocycles. The van der Waals surface area contributed by atoms with Crippen molar-refractivity contribution >= 4 is 50.8 Å². The van der Waals surface area contributed by atoms with Gasteiger partial charge >= 0.3 is 10.2 Å². The minimum Gasteiger partial charge on any atom is -0.476 e. The molecule has 13 heteroatoms. The average molecular weight is 593 g/mol. The van der Waals surface area contributed by atoms with Gasteiger partial charge in [0.1, 0.15) is 11.5 Å². The lowest BCUT2D eigenvalue weighted by Crippen LogP contribution is -2.43. The molecule has 1 spiro atoms. The highest BCUT2D eigenvalue weighted by Gasteiger charge is 2.54. The number of nitrogens with zero attached hydrogens (tertiary/aromatic N) is 5. The largest absolute Gasteiger partial charge is 0.476 e. The number of aromatic nitrogens is 2. The Bertz CT molecular complexity index is 1560. The number of likely N-dealkylation sites (N-methyl/N-ethyl adjacent to an activating group) is 1. The summed E-state index contributed by atoms with van der Waals surface area (Å²) in [4.78, 5) is 25.6. The number of benzene rings is 1. The van der Waals surface area contributed by atoms with E-state index in [2.05, 4.69) is 14.7 Å². The molecule has 3 heterocycles. The third kappa shape index (κ3) is 5.09. The smallest absolute Gasteiger partial charge is 0.301 e. The van der Waals surface area contributed by atoms with Crippen molar-refractivity contribution < 1.29 is 22.3 Å². The topological polar surface area (TPSA) is 108 Å². The molecule has 0 saturated heterocycles. The second-order valence-corrected chi connectivity index (χ2v) is 12.5. The van der Waals surface area contributed by atoms with E-state index in [1.54, 1.807) is 24.2 Å². The highest BCUT2D eigenvalue weighted by atomic mass is 35.5. The first-order valence-electron chi connectivity index (χ1n) is 12.8. The summed E-state index contributed by atoms with van der Waals surface area (Å²) >= 11 is 0. The van der Waals surface area contributed by atoms with E-state index in [1.165, 1.54) is 32.4 Å². The number of anilines is 2. The number of rotatable bonds is 9. The number of hydrogen-bond acceptors (Lipinski definition) is 7. The molecule has 1 fully saturated rings. The summed E-state index contributed by atoms with van der Waals surface area (Å²) in [6.45, 7) is 1.11. The molecule has 3 aromatic rings. The Balaban J connectivity index is 0.00000370. The number of nitrogens with one attached hydrogen (secondary N) is 1. The average Bonchev–Trinajstić information content (AvgIpc) is 3.08. The van der Waals surface area contributed by atoms with Crippen molar-refractivity contribution in [3.05, 3.63) is 42.0 Å². The number of carbonyl (C=O) groups excluding carboxylic acids is 1. The molecule has 40 heavy (non-hydrogen) atoms. The van der Waals surface area contributed by atoms with Crippen LogP contribution in [0.25, 0.3) is 22.0 Å². The van der Waals surface area contributed by atoms with Gasteiger partial charge in [0.2, 0.25) is 11.8 Å². The Morgan fingerprint density at radius 3 is 2.48 bits per heavy atom. The number of amides is 1. The molecule has 1 amide bonds. The summed E-state index contributed by atoms with van der Waals surface area (Å²) in [5, 5.41) is 0.709. The van der Waals surface area contributed by atoms with Crippen molar-refractivity contribution in [1.82, 2.24) is 19.2 Å². The van der Waals surface area contributed by atoms with Crippen LogP contribution in [-0.2, 0) is 20.4 Å². The maximum Gasteiger partial charge on any atom is 0.301 e. The number of halogens is 2. The van der Waals surface area contributed by atoms with Crippen molar-refractivity contribution in [3.8, 4) is 17.0 Å². The standard InChI is InChI=1S/C27H33FN6O4S.ClH/c1-32(2)10-7-11-38-25-22(31-39(36,37)33(3)4)12-17(15-30-25)18-13-19-21(14-20(18)28)29-16-23-24(19)27(8-6-9-27)26(35)34(23)5;/h12-16,31H,6-11H2,1-5H3;1H. The molecule has 1 aliphatic carbocycles. The normalized spacial score (nSPS) is 15.9.